The van der Waals surface area contributed by atoms with Crippen LogP contribution >= 0.6 is 0 Å². The molecule has 5 aromatic rings. The Hall–Kier alpha value is -4.70. The number of imidazole rings is 1. The number of fused-ring (bicyclic) bond motifs is 6. The van der Waals surface area contributed by atoms with Crippen molar-refractivity contribution < 1.29 is 14.3 Å². The number of carbonyl (C=O) groups is 2. The van der Waals surface area contributed by atoms with Crippen LogP contribution < -0.4 is 15.8 Å². The zero-order valence-electron chi connectivity index (χ0n) is 26.3. The van der Waals surface area contributed by atoms with Gasteiger partial charge in [0, 0.05) is 60.3 Å². The largest absolute Gasteiger partial charge is 0.494 e. The molecule has 6 heterocycles. The Balaban J connectivity index is 1.26. The molecule has 3 aromatic heterocycles. The first-order chi connectivity index (χ1) is 22.4. The summed E-state index contributed by atoms with van der Waals surface area (Å²) in [5.74, 6) is 1.32. The molecule has 0 saturated carbocycles. The van der Waals surface area contributed by atoms with E-state index in [0.717, 1.165) is 90.8 Å². The molecule has 3 N–H and O–H groups in total. The second kappa shape index (κ2) is 11.3. The van der Waals surface area contributed by atoms with Crippen molar-refractivity contribution in [2.24, 2.45) is 12.8 Å². The zero-order chi connectivity index (χ0) is 31.5. The zero-order valence-corrected chi connectivity index (χ0v) is 26.3. The third-order valence-electron chi connectivity index (χ3n) is 10.2. The van der Waals surface area contributed by atoms with Crippen LogP contribution in [-0.2, 0) is 13.6 Å². The van der Waals surface area contributed by atoms with Gasteiger partial charge in [0.25, 0.3) is 11.8 Å². The Bertz CT molecular complexity index is 2010. The van der Waals surface area contributed by atoms with Gasteiger partial charge in [0.15, 0.2) is 5.82 Å². The number of aryl methyl sites for hydroxylation is 2. The van der Waals surface area contributed by atoms with Gasteiger partial charge in [-0.25, -0.2) is 9.97 Å². The molecular formula is C36H39N7O3. The first kappa shape index (κ1) is 28.8. The Morgan fingerprint density at radius 3 is 2.61 bits per heavy atom. The molecule has 3 aliphatic heterocycles. The van der Waals surface area contributed by atoms with E-state index in [1.54, 1.807) is 7.11 Å². The molecule has 46 heavy (non-hydrogen) atoms. The number of aromatic nitrogens is 4. The summed E-state index contributed by atoms with van der Waals surface area (Å²) in [6.45, 7) is 1.43. The summed E-state index contributed by atoms with van der Waals surface area (Å²) in [5, 5.41) is 4.09. The molecule has 2 saturated heterocycles. The van der Waals surface area contributed by atoms with Crippen LogP contribution in [0.3, 0.4) is 0 Å². The Labute approximate surface area is 267 Å². The van der Waals surface area contributed by atoms with E-state index >= 15 is 0 Å². The normalized spacial score (nSPS) is 21.5. The van der Waals surface area contributed by atoms with E-state index in [4.69, 9.17) is 20.4 Å². The Kier molecular flexibility index (Phi) is 7.05. The van der Waals surface area contributed by atoms with Gasteiger partial charge in [0.1, 0.15) is 16.9 Å². The smallest absolute Gasteiger partial charge is 0.254 e. The lowest BCUT2D eigenvalue weighted by molar-refractivity contribution is 0.0726. The number of benzene rings is 2. The molecule has 10 nitrogen and oxygen atoms in total. The van der Waals surface area contributed by atoms with E-state index in [1.807, 2.05) is 54.4 Å². The van der Waals surface area contributed by atoms with E-state index < -0.39 is 0 Å². The fourth-order valence-corrected chi connectivity index (χ4v) is 7.96. The van der Waals surface area contributed by atoms with Gasteiger partial charge >= 0.3 is 0 Å². The van der Waals surface area contributed by atoms with Gasteiger partial charge in [-0.2, -0.15) is 0 Å². The van der Waals surface area contributed by atoms with Crippen LogP contribution in [-0.4, -0.2) is 67.6 Å². The molecule has 3 aliphatic rings. The fraction of sp³-hybridized carbons (Fsp3) is 0.389. The summed E-state index contributed by atoms with van der Waals surface area (Å²) >= 11 is 0. The molecule has 2 amide bonds. The van der Waals surface area contributed by atoms with Crippen molar-refractivity contribution >= 4 is 33.9 Å². The van der Waals surface area contributed by atoms with Gasteiger partial charge in [0.2, 0.25) is 0 Å². The second-order valence-electron chi connectivity index (χ2n) is 13.0. The predicted octanol–water partition coefficient (Wildman–Crippen LogP) is 5.27. The van der Waals surface area contributed by atoms with E-state index in [-0.39, 0.29) is 29.9 Å². The van der Waals surface area contributed by atoms with Crippen LogP contribution in [0.1, 0.15) is 65.7 Å². The number of hydrogen-bond acceptors (Lipinski definition) is 6. The molecule has 4 bridgehead atoms. The van der Waals surface area contributed by atoms with E-state index in [0.29, 0.717) is 28.9 Å². The van der Waals surface area contributed by atoms with Crippen LogP contribution in [0.25, 0.3) is 44.8 Å². The quantitative estimate of drug-likeness (QED) is 0.285. The van der Waals surface area contributed by atoms with E-state index in [1.165, 1.54) is 0 Å². The van der Waals surface area contributed by atoms with Crippen LogP contribution in [0.15, 0.2) is 54.6 Å². The molecule has 10 heteroatoms. The van der Waals surface area contributed by atoms with Crippen molar-refractivity contribution in [1.29, 1.82) is 0 Å². The minimum Gasteiger partial charge on any atom is -0.494 e. The lowest BCUT2D eigenvalue weighted by Gasteiger charge is -2.23. The van der Waals surface area contributed by atoms with Crippen LogP contribution in [0.2, 0.25) is 0 Å². The molecule has 2 aromatic carbocycles. The average Bonchev–Trinajstić information content (AvgIpc) is 3.82. The standard InChI is InChI=1S/C36H39N7O3/c1-41-32-28(17-22(19-31(32)46-2)36(45)43-23-12-14-29(43)26(37)20-23)40-34(41)30-18-21-11-13-27-24-9-5-6-10-25(24)35(44)38-15-7-3-4-8-16-42(30)33(21)39-27/h5-6,9-11,13,17-19,23,26,29H,3-4,7-8,12,14-16,20,37H2,1-2H3,(H,38,44)/t23-,26+,29+/m0/s1. The summed E-state index contributed by atoms with van der Waals surface area (Å²) in [7, 11) is 3.64. The number of nitrogens with two attached hydrogens (primary N) is 1. The second-order valence-corrected chi connectivity index (χ2v) is 13.0. The highest BCUT2D eigenvalue weighted by Gasteiger charge is 2.47. The van der Waals surface area contributed by atoms with Crippen molar-refractivity contribution in [3.63, 3.8) is 0 Å². The average molecular weight is 618 g/mol. The molecule has 0 radical (unpaired) electrons. The Morgan fingerprint density at radius 2 is 1.83 bits per heavy atom. The lowest BCUT2D eigenvalue weighted by Crippen LogP contribution is -2.40. The highest BCUT2D eigenvalue weighted by Crippen LogP contribution is 2.40. The molecule has 2 fully saturated rings. The summed E-state index contributed by atoms with van der Waals surface area (Å²) < 4.78 is 10.2. The number of amides is 2. The van der Waals surface area contributed by atoms with Crippen LogP contribution in [0.5, 0.6) is 5.75 Å². The number of methoxy groups -OCH3 is 1. The molecule has 3 atom stereocenters. The van der Waals surface area contributed by atoms with Crippen molar-refractivity contribution in [2.75, 3.05) is 13.7 Å². The first-order valence-electron chi connectivity index (χ1n) is 16.4. The number of ether oxygens (including phenoxy) is 1. The fourth-order valence-electron chi connectivity index (χ4n) is 7.96. The van der Waals surface area contributed by atoms with E-state index in [9.17, 15) is 9.59 Å². The third-order valence-corrected chi connectivity index (χ3v) is 10.2. The SMILES string of the molecule is COc1cc(C(=O)N2[C@H]3CC[C@@H]2[C@H](N)C3)cc2nc(-c3cc4ccc5nc4n3CCCCCCNC(=O)c3ccccc3-5)n(C)c12. The van der Waals surface area contributed by atoms with Crippen molar-refractivity contribution in [3.8, 4) is 28.5 Å². The van der Waals surface area contributed by atoms with Gasteiger partial charge in [-0.1, -0.05) is 31.0 Å². The third kappa shape index (κ3) is 4.57. The van der Waals surface area contributed by atoms with Gasteiger partial charge in [-0.15, -0.1) is 0 Å². The number of nitrogens with one attached hydrogen (secondary N) is 1. The molecule has 8 rings (SSSR count). The maximum Gasteiger partial charge on any atom is 0.254 e. The summed E-state index contributed by atoms with van der Waals surface area (Å²) in [6.07, 6.45) is 6.80. The molecule has 0 spiro atoms. The topological polar surface area (TPSA) is 120 Å². The van der Waals surface area contributed by atoms with E-state index in [2.05, 4.69) is 26.6 Å². The number of carbonyl (C=O) groups excluding carboxylic acids is 2. The van der Waals surface area contributed by atoms with Crippen LogP contribution in [0, 0.1) is 0 Å². The summed E-state index contributed by atoms with van der Waals surface area (Å²) in [4.78, 5) is 39.2. The minimum absolute atomic E-state index is 0.000757. The van der Waals surface area contributed by atoms with Gasteiger partial charge in [-0.3, -0.25) is 9.59 Å². The molecule has 0 aliphatic carbocycles. The van der Waals surface area contributed by atoms with Gasteiger partial charge in [0.05, 0.1) is 24.0 Å². The monoisotopic (exact) mass is 617 g/mol. The van der Waals surface area contributed by atoms with Crippen LogP contribution in [0.4, 0.5) is 0 Å². The van der Waals surface area contributed by atoms with Gasteiger partial charge < -0.3 is 29.8 Å². The number of pyridine rings is 1. The summed E-state index contributed by atoms with van der Waals surface area (Å²) in [5.41, 5.74) is 12.5. The first-order valence-corrected chi connectivity index (χ1v) is 16.4. The van der Waals surface area contributed by atoms with Crippen molar-refractivity contribution in [3.05, 3.63) is 65.7 Å². The summed E-state index contributed by atoms with van der Waals surface area (Å²) in [6, 6.07) is 18.0. The van der Waals surface area contributed by atoms with Crippen molar-refractivity contribution in [2.45, 2.75) is 69.6 Å². The maximum atomic E-state index is 13.8. The number of nitrogens with zero attached hydrogens (tertiary/aromatic N) is 5. The Morgan fingerprint density at radius 1 is 1.00 bits per heavy atom. The molecule has 0 unspecified atom stereocenters. The predicted molar refractivity (Wildman–Crippen MR) is 178 cm³/mol. The highest BCUT2D eigenvalue weighted by molar-refractivity contribution is 6.02. The molecule has 236 valence electrons. The highest BCUT2D eigenvalue weighted by atomic mass is 16.5. The lowest BCUT2D eigenvalue weighted by atomic mass is 9.97. The van der Waals surface area contributed by atoms with Gasteiger partial charge in [-0.05, 0) is 68.5 Å². The molecular weight excluding hydrogens is 578 g/mol. The minimum atomic E-state index is -0.0719. The number of rotatable bonds is 3. The number of hydrogen-bond donors (Lipinski definition) is 2. The maximum absolute atomic E-state index is 13.8. The van der Waals surface area contributed by atoms with Crippen molar-refractivity contribution in [1.82, 2.24) is 29.3 Å².